The first-order valence-electron chi connectivity index (χ1n) is 3.65. The number of imide groups is 1. The van der Waals surface area contributed by atoms with Crippen LogP contribution in [0.3, 0.4) is 0 Å². The number of carbonyl (C=O) groups is 2. The zero-order chi connectivity index (χ0) is 8.72. The van der Waals surface area contributed by atoms with Gasteiger partial charge in [-0.25, -0.2) is 0 Å². The summed E-state index contributed by atoms with van der Waals surface area (Å²) in [7, 11) is 0. The molecule has 0 aromatic heterocycles. The van der Waals surface area contributed by atoms with Crippen molar-refractivity contribution in [2.75, 3.05) is 0 Å². The molecule has 0 fully saturated rings. The van der Waals surface area contributed by atoms with Gasteiger partial charge in [0.15, 0.2) is 0 Å². The second kappa shape index (κ2) is 2.69. The molecule has 0 atom stereocenters. The monoisotopic (exact) mass is 169 g/mol. The summed E-state index contributed by atoms with van der Waals surface area (Å²) in [5.74, 6) is -0.520. The van der Waals surface area contributed by atoms with Crippen molar-refractivity contribution in [3.63, 3.8) is 0 Å². The van der Waals surface area contributed by atoms with Crippen molar-refractivity contribution < 1.29 is 9.59 Å². The predicted molar refractivity (Wildman–Crippen MR) is 43.6 cm³/mol. The van der Waals surface area contributed by atoms with Crippen LogP contribution >= 0.6 is 0 Å². The Labute approximate surface area is 86.6 Å². The van der Waals surface area contributed by atoms with Crippen LogP contribution in [-0.4, -0.2) is 39.7 Å². The molecule has 4 heteroatoms. The molecular weight excluding hydrogens is 165 g/mol. The van der Waals surface area contributed by atoms with E-state index in [4.69, 9.17) is 0 Å². The van der Waals surface area contributed by atoms with E-state index in [0.717, 1.165) is 30.7 Å². The van der Waals surface area contributed by atoms with Crippen LogP contribution in [0.1, 0.15) is 20.7 Å². The van der Waals surface area contributed by atoms with E-state index in [1.54, 1.807) is 12.1 Å². The number of amides is 2. The summed E-state index contributed by atoms with van der Waals surface area (Å²) in [5, 5.41) is 2.27. The molecule has 1 aromatic carbocycles. The van der Waals surface area contributed by atoms with E-state index in [9.17, 15) is 9.59 Å². The number of hydrogen-bond donors (Lipinski definition) is 1. The number of fused-ring (bicyclic) bond motifs is 1. The van der Waals surface area contributed by atoms with Gasteiger partial charge in [0, 0.05) is 0 Å². The number of nitrogens with one attached hydrogen (secondary N) is 1. The van der Waals surface area contributed by atoms with Gasteiger partial charge in [-0.3, -0.25) is 0 Å². The van der Waals surface area contributed by atoms with E-state index in [1.165, 1.54) is 0 Å². The van der Waals surface area contributed by atoms with Gasteiger partial charge in [-0.2, -0.15) is 0 Å². The third-order valence-corrected chi connectivity index (χ3v) is 2.80. The summed E-state index contributed by atoms with van der Waals surface area (Å²) in [4.78, 5) is 22.3. The number of hydrogen-bond acceptors (Lipinski definition) is 2. The third kappa shape index (κ3) is 1.02. The zero-order valence-electron chi connectivity index (χ0n) is 6.55. The van der Waals surface area contributed by atoms with Gasteiger partial charge in [-0.1, -0.05) is 0 Å². The molecule has 12 heavy (non-hydrogen) atoms. The van der Waals surface area contributed by atoms with Gasteiger partial charge in [-0.05, 0) is 0 Å². The van der Waals surface area contributed by atoms with Gasteiger partial charge in [0.2, 0.25) is 0 Å². The minimum absolute atomic E-state index is 0.249. The molecule has 1 N–H and O–H groups in total. The van der Waals surface area contributed by atoms with Crippen molar-refractivity contribution in [3.8, 4) is 0 Å². The molecule has 3 nitrogen and oxygen atoms in total. The first kappa shape index (κ1) is 7.98. The Bertz CT molecular complexity index is 387. The molecule has 1 aliphatic heterocycles. The molecule has 0 radical (unpaired) electrons. The number of benzene rings is 1. The average Bonchev–Trinajstić information content (AvgIpc) is 2.29. The van der Waals surface area contributed by atoms with Crippen LogP contribution in [0.4, 0.5) is 0 Å². The molecular formula is C8H4NNaO2. The van der Waals surface area contributed by atoms with Gasteiger partial charge in [-0.15, -0.1) is 0 Å². The second-order valence-corrected chi connectivity index (χ2v) is 3.86. The first-order valence-corrected chi connectivity index (χ1v) is 4.65. The molecule has 0 unspecified atom stereocenters. The van der Waals surface area contributed by atoms with E-state index >= 15 is 0 Å². The van der Waals surface area contributed by atoms with E-state index in [1.807, 2.05) is 6.07 Å². The Morgan fingerprint density at radius 1 is 1.17 bits per heavy atom. The molecule has 1 aliphatic rings. The molecule has 54 valence electrons. The number of rotatable bonds is 0. The summed E-state index contributed by atoms with van der Waals surface area (Å²) in [6.07, 6.45) is 0. The van der Waals surface area contributed by atoms with E-state index < -0.39 is 0 Å². The standard InChI is InChI=1S/C8H4NO2.Na/c10-7-5-3-1-2-4-6(5)8(11)9-7;/h1-3H,(H,9,10,11);. The van der Waals surface area contributed by atoms with Gasteiger partial charge in [0.05, 0.1) is 0 Å². The SMILES string of the molecule is O=C1NC(=O)c2[c]([Na])cccc21. The van der Waals surface area contributed by atoms with E-state index in [0.29, 0.717) is 11.1 Å². The van der Waals surface area contributed by atoms with Crippen LogP contribution in [0, 0.1) is 0 Å². The van der Waals surface area contributed by atoms with Crippen LogP contribution in [0.5, 0.6) is 0 Å². The van der Waals surface area contributed by atoms with Gasteiger partial charge >= 0.3 is 86.8 Å². The molecule has 0 spiro atoms. The van der Waals surface area contributed by atoms with E-state index in [2.05, 4.69) is 5.32 Å². The normalized spacial score (nSPS) is 14.5. The fourth-order valence-electron chi connectivity index (χ4n) is 1.39. The van der Waals surface area contributed by atoms with Crippen LogP contribution in [0.25, 0.3) is 0 Å². The van der Waals surface area contributed by atoms with Crippen molar-refractivity contribution in [2.24, 2.45) is 0 Å². The Morgan fingerprint density at radius 2 is 1.92 bits per heavy atom. The van der Waals surface area contributed by atoms with Crippen molar-refractivity contribution in [1.82, 2.24) is 5.32 Å². The molecule has 0 aliphatic carbocycles. The van der Waals surface area contributed by atoms with E-state index in [-0.39, 0.29) is 11.8 Å². The second-order valence-electron chi connectivity index (χ2n) is 2.78. The van der Waals surface area contributed by atoms with Gasteiger partial charge in [0.1, 0.15) is 0 Å². The molecule has 1 aromatic rings. The van der Waals surface area contributed by atoms with Crippen LogP contribution in [0.15, 0.2) is 18.2 Å². The molecule has 0 bridgehead atoms. The summed E-state index contributed by atoms with van der Waals surface area (Å²) in [5.41, 5.74) is 1.10. The Balaban J connectivity index is 2.75. The minimum atomic E-state index is -0.271. The summed E-state index contributed by atoms with van der Waals surface area (Å²) >= 11 is 0.790. The van der Waals surface area contributed by atoms with Crippen molar-refractivity contribution in [2.45, 2.75) is 0 Å². The summed E-state index contributed by atoms with van der Waals surface area (Å²) in [6, 6.07) is 5.36. The van der Waals surface area contributed by atoms with Crippen LogP contribution in [-0.2, 0) is 0 Å². The molecule has 2 rings (SSSR count). The van der Waals surface area contributed by atoms with Crippen molar-refractivity contribution in [3.05, 3.63) is 29.3 Å². The topological polar surface area (TPSA) is 46.2 Å². The van der Waals surface area contributed by atoms with Crippen LogP contribution in [0.2, 0.25) is 0 Å². The fourth-order valence-corrected chi connectivity index (χ4v) is 2.08. The Morgan fingerprint density at radius 3 is 2.58 bits per heavy atom. The predicted octanol–water partition coefficient (Wildman–Crippen LogP) is -0.636. The average molecular weight is 169 g/mol. The fraction of sp³-hybridized carbons (Fsp3) is 0. The van der Waals surface area contributed by atoms with Crippen LogP contribution < -0.4 is 8.13 Å². The number of carbonyl (C=O) groups excluding carboxylic acids is 2. The third-order valence-electron chi connectivity index (χ3n) is 1.97. The molecule has 0 saturated heterocycles. The zero-order valence-corrected chi connectivity index (χ0v) is 8.55. The summed E-state index contributed by atoms with van der Waals surface area (Å²) in [6.45, 7) is 0. The van der Waals surface area contributed by atoms with Crippen molar-refractivity contribution >= 4 is 42.6 Å². The van der Waals surface area contributed by atoms with Crippen molar-refractivity contribution in [1.29, 1.82) is 0 Å². The summed E-state index contributed by atoms with van der Waals surface area (Å²) < 4.78 is 0.982. The quantitative estimate of drug-likeness (QED) is 0.415. The Hall–Kier alpha value is -0.640. The molecule has 2 amide bonds. The first-order chi connectivity index (χ1) is 5.70. The maximum absolute atomic E-state index is 11.2. The van der Waals surface area contributed by atoms with Gasteiger partial charge < -0.3 is 0 Å². The van der Waals surface area contributed by atoms with Gasteiger partial charge in [0.25, 0.3) is 0 Å². The maximum atomic E-state index is 11.2. The Kier molecular flexibility index (Phi) is 1.79. The molecule has 1 heterocycles. The molecule has 0 saturated carbocycles.